The molecule has 7 unspecified atom stereocenters. The summed E-state index contributed by atoms with van der Waals surface area (Å²) in [4.78, 5) is 36.6. The molecule has 25 nitrogen and oxygen atoms in total. The average molecular weight is 835 g/mol. The highest BCUT2D eigenvalue weighted by molar-refractivity contribution is 5.76. The molecule has 0 aromatic rings. The Balaban J connectivity index is 1.54. The first-order chi connectivity index (χ1) is 26.7. The van der Waals surface area contributed by atoms with Crippen LogP contribution in [0.4, 0.5) is 0 Å². The number of carbonyl (C=O) groups excluding carboxylic acids is 2. The van der Waals surface area contributed by atoms with Gasteiger partial charge in [-0.25, -0.2) is 4.79 Å². The summed E-state index contributed by atoms with van der Waals surface area (Å²) < 4.78 is 39.6. The van der Waals surface area contributed by atoms with Crippen LogP contribution in [0.1, 0.15) is 27.2 Å². The van der Waals surface area contributed by atoms with Gasteiger partial charge in [0, 0.05) is 20.3 Å². The maximum atomic E-state index is 12.6. The highest BCUT2D eigenvalue weighted by Crippen LogP contribution is 2.36. The number of amides is 2. The molecule has 4 aliphatic heterocycles. The van der Waals surface area contributed by atoms with Crippen LogP contribution >= 0.6 is 0 Å². The van der Waals surface area contributed by atoms with Gasteiger partial charge in [0.15, 0.2) is 12.6 Å². The van der Waals surface area contributed by atoms with Crippen LogP contribution in [-0.4, -0.2) is 239 Å². The topological polar surface area (TPSA) is 403 Å². The van der Waals surface area contributed by atoms with Crippen molar-refractivity contribution in [2.75, 3.05) is 26.4 Å². The molecule has 25 heteroatoms. The van der Waals surface area contributed by atoms with Crippen molar-refractivity contribution in [2.24, 2.45) is 0 Å². The monoisotopic (exact) mass is 834 g/mol. The van der Waals surface area contributed by atoms with Crippen LogP contribution in [0.15, 0.2) is 0 Å². The van der Waals surface area contributed by atoms with Crippen molar-refractivity contribution in [3.63, 3.8) is 0 Å². The molecule has 4 fully saturated rings. The first-order valence-corrected chi connectivity index (χ1v) is 18.0. The van der Waals surface area contributed by atoms with E-state index in [1.54, 1.807) is 0 Å². The predicted octanol–water partition coefficient (Wildman–Crippen LogP) is -9.19. The van der Waals surface area contributed by atoms with E-state index in [0.29, 0.717) is 0 Å². The largest absolute Gasteiger partial charge is 0.477 e. The number of aliphatic hydroxyl groups excluding tert-OH is 12. The molecule has 4 rings (SSSR count). The first-order valence-electron chi connectivity index (χ1n) is 18.0. The van der Waals surface area contributed by atoms with E-state index in [0.717, 1.165) is 13.8 Å². The quantitative estimate of drug-likeness (QED) is 0.0728. The summed E-state index contributed by atoms with van der Waals surface area (Å²) in [6, 6.07) is -3.08. The third-order valence-corrected chi connectivity index (χ3v) is 10.2. The number of carbonyl (C=O) groups is 3. The highest BCUT2D eigenvalue weighted by Gasteiger charge is 2.58. The van der Waals surface area contributed by atoms with E-state index in [-0.39, 0.29) is 0 Å². The smallest absolute Gasteiger partial charge is 0.364 e. The average Bonchev–Trinajstić information content (AvgIpc) is 3.16. The molecule has 0 saturated carbocycles. The Morgan fingerprint density at radius 1 is 0.719 bits per heavy atom. The molecule has 15 N–H and O–H groups in total. The van der Waals surface area contributed by atoms with Crippen LogP contribution in [-0.2, 0) is 47.5 Å². The molecule has 0 bridgehead atoms. The molecule has 4 saturated heterocycles. The van der Waals surface area contributed by atoms with E-state index in [4.69, 9.17) is 33.2 Å². The van der Waals surface area contributed by atoms with E-state index in [9.17, 15) is 80.8 Å². The molecule has 2 amide bonds. The van der Waals surface area contributed by atoms with Crippen LogP contribution in [0, 0.1) is 0 Å². The zero-order valence-electron chi connectivity index (χ0n) is 31.0. The van der Waals surface area contributed by atoms with E-state index >= 15 is 0 Å². The summed E-state index contributed by atoms with van der Waals surface area (Å²) in [6.07, 6.45) is -32.5. The fraction of sp³-hybridized carbons (Fsp3) is 0.906. The lowest BCUT2D eigenvalue weighted by Gasteiger charge is -2.49. The van der Waals surface area contributed by atoms with E-state index < -0.39 is 179 Å². The Labute approximate surface area is 324 Å². The van der Waals surface area contributed by atoms with Gasteiger partial charge in [0.05, 0.1) is 44.7 Å². The number of hydrogen-bond donors (Lipinski definition) is 15. The van der Waals surface area contributed by atoms with Crippen LogP contribution in [0.3, 0.4) is 0 Å². The molecule has 4 heterocycles. The molecule has 57 heavy (non-hydrogen) atoms. The van der Waals surface area contributed by atoms with Gasteiger partial charge in [-0.15, -0.1) is 0 Å². The van der Waals surface area contributed by atoms with Crippen LogP contribution in [0.25, 0.3) is 0 Å². The van der Waals surface area contributed by atoms with Crippen molar-refractivity contribution in [3.05, 3.63) is 0 Å². The van der Waals surface area contributed by atoms with Crippen molar-refractivity contribution in [3.8, 4) is 0 Å². The zero-order chi connectivity index (χ0) is 42.7. The van der Waals surface area contributed by atoms with Crippen LogP contribution < -0.4 is 10.6 Å². The lowest BCUT2D eigenvalue weighted by Crippen LogP contribution is -2.69. The molecular formula is C32H54N2O23. The third kappa shape index (κ3) is 10.3. The summed E-state index contributed by atoms with van der Waals surface area (Å²) in [5, 5.41) is 141. The number of carboxylic acid groups (broad SMARTS) is 1. The summed E-state index contributed by atoms with van der Waals surface area (Å²) in [5.41, 5.74) is 0. The second kappa shape index (κ2) is 19.8. The first kappa shape index (κ1) is 47.3. The molecule has 4 aliphatic rings. The minimum Gasteiger partial charge on any atom is -0.477 e. The maximum Gasteiger partial charge on any atom is 0.364 e. The molecule has 0 aromatic heterocycles. The van der Waals surface area contributed by atoms with Crippen molar-refractivity contribution in [1.82, 2.24) is 10.6 Å². The van der Waals surface area contributed by atoms with Crippen molar-refractivity contribution in [2.45, 2.75) is 155 Å². The number of aliphatic carboxylic acids is 1. The third-order valence-electron chi connectivity index (χ3n) is 10.2. The summed E-state index contributed by atoms with van der Waals surface area (Å²) >= 11 is 0. The Hall–Kier alpha value is -2.35. The second-order valence-electron chi connectivity index (χ2n) is 14.4. The van der Waals surface area contributed by atoms with E-state index in [1.165, 1.54) is 6.92 Å². The molecular weight excluding hydrogens is 780 g/mol. The molecule has 0 aromatic carbocycles. The van der Waals surface area contributed by atoms with Gasteiger partial charge >= 0.3 is 5.97 Å². The lowest BCUT2D eigenvalue weighted by atomic mass is 9.88. The van der Waals surface area contributed by atoms with Gasteiger partial charge < -0.3 is 110 Å². The normalized spacial score (nSPS) is 45.1. The second-order valence-corrected chi connectivity index (χ2v) is 14.4. The number of ether oxygens (including phenoxy) is 7. The van der Waals surface area contributed by atoms with Gasteiger partial charge in [0.25, 0.3) is 5.79 Å². The molecule has 0 radical (unpaired) electrons. The van der Waals surface area contributed by atoms with Crippen LogP contribution in [0.5, 0.6) is 0 Å². The van der Waals surface area contributed by atoms with Crippen molar-refractivity contribution >= 4 is 17.8 Å². The molecule has 0 spiro atoms. The molecule has 21 atom stereocenters. The molecule has 0 aliphatic carbocycles. The van der Waals surface area contributed by atoms with E-state index in [2.05, 4.69) is 10.6 Å². The Kier molecular flexibility index (Phi) is 16.4. The predicted molar refractivity (Wildman–Crippen MR) is 178 cm³/mol. The van der Waals surface area contributed by atoms with Crippen molar-refractivity contribution < 1.29 is 114 Å². The summed E-state index contributed by atoms with van der Waals surface area (Å²) in [6.45, 7) is -0.0762. The lowest BCUT2D eigenvalue weighted by molar-refractivity contribution is -0.366. The van der Waals surface area contributed by atoms with E-state index in [1.807, 2.05) is 0 Å². The fourth-order valence-corrected chi connectivity index (χ4v) is 7.18. The maximum absolute atomic E-state index is 12.6. The number of hydrogen-bond acceptors (Lipinski definition) is 22. The standard InChI is InChI=1S/C32H54N2O23/c1-9-26(24(47)20(43)14(6-36)52-9)55-29-18(34-11(3)39)22(45)27(15(7-37)53-29)56-30-25(48)23(46)21(44)16(54-30)8-51-32(31(49)50)4-12(40)17(33-10(2)38)28(57-32)19(42)13(41)5-35/h9,12-30,35-37,40-48H,4-8H2,1-3H3,(H,33,38)(H,34,39)(H,49,50)/t9-,12-,13-,14?,15+,16?,17-,18?,19-,20-,21+,22?,23?,24+,25+,26?,27-,28?,29+,30+,32-/m1/s1. The zero-order valence-corrected chi connectivity index (χ0v) is 31.0. The summed E-state index contributed by atoms with van der Waals surface area (Å²) in [7, 11) is 0. The minimum atomic E-state index is -2.89. The number of rotatable bonds is 15. The minimum absolute atomic E-state index is 0.638. The summed E-state index contributed by atoms with van der Waals surface area (Å²) in [5.74, 6) is -6.28. The van der Waals surface area contributed by atoms with Gasteiger partial charge in [-0.05, 0) is 6.92 Å². The van der Waals surface area contributed by atoms with Gasteiger partial charge in [-0.1, -0.05) is 0 Å². The van der Waals surface area contributed by atoms with Gasteiger partial charge in [-0.3, -0.25) is 9.59 Å². The highest BCUT2D eigenvalue weighted by atomic mass is 16.8. The molecule has 330 valence electrons. The number of carboxylic acids is 1. The number of aliphatic hydroxyl groups is 12. The van der Waals surface area contributed by atoms with Gasteiger partial charge in [0.2, 0.25) is 11.8 Å². The SMILES string of the molecule is CC(=O)NC1C(O)[C@H](O[C@@H]2OC(CO[C@]3(C(=O)O)C[C@@H](O)[C@@H](NC(C)=O)C([C@H](O)[C@H](O)CO)O3)[C@H](O)C(O)[C@@H]2O)[C@H](CO)O[C@H]1OC1[C@@H](O)[C@H](O)C(CO)O[C@@H]1C. The fourth-order valence-electron chi connectivity index (χ4n) is 7.18. The van der Waals surface area contributed by atoms with Crippen molar-refractivity contribution in [1.29, 1.82) is 0 Å². The van der Waals surface area contributed by atoms with Gasteiger partial charge in [-0.2, -0.15) is 0 Å². The number of nitrogens with one attached hydrogen (secondary N) is 2. The van der Waals surface area contributed by atoms with Gasteiger partial charge in [0.1, 0.15) is 91.5 Å². The Morgan fingerprint density at radius 3 is 1.84 bits per heavy atom. The Bertz CT molecular complexity index is 1350. The van der Waals surface area contributed by atoms with Crippen LogP contribution in [0.2, 0.25) is 0 Å². The Morgan fingerprint density at radius 2 is 1.28 bits per heavy atom.